The van der Waals surface area contributed by atoms with Crippen molar-refractivity contribution in [1.29, 1.82) is 0 Å². The van der Waals surface area contributed by atoms with Crippen LogP contribution in [0.3, 0.4) is 0 Å². The van der Waals surface area contributed by atoms with Gasteiger partial charge in [-0.3, -0.25) is 53.1 Å². The number of benzene rings is 3. The van der Waals surface area contributed by atoms with Crippen LogP contribution in [0.15, 0.2) is 108 Å². The first-order chi connectivity index (χ1) is 41.1. The van der Waals surface area contributed by atoms with E-state index in [0.717, 1.165) is 10.9 Å². The first kappa shape index (κ1) is 67.5. The van der Waals surface area contributed by atoms with Crippen molar-refractivity contribution in [3.05, 3.63) is 120 Å². The number of carbonyl (C=O) groups is 9. The predicted octanol–water partition coefficient (Wildman–Crippen LogP) is -2.39. The maximum Gasteiger partial charge on any atom is 0.243 e. The summed E-state index contributed by atoms with van der Waals surface area (Å²) in [4.78, 5) is 143. The van der Waals surface area contributed by atoms with Gasteiger partial charge in [0.2, 0.25) is 53.2 Å². The monoisotopic (exact) mass is 1220 g/mol. The minimum Gasteiger partial charge on any atom is -0.508 e. The molecular formula is C56H76N18O10S2. The van der Waals surface area contributed by atoms with Crippen LogP contribution >= 0.6 is 25.3 Å². The van der Waals surface area contributed by atoms with Gasteiger partial charge in [0, 0.05) is 80.4 Å². The molecule has 0 saturated carbocycles. The van der Waals surface area contributed by atoms with Crippen LogP contribution in [0.25, 0.3) is 10.9 Å². The number of aromatic hydroxyl groups is 1. The summed E-state index contributed by atoms with van der Waals surface area (Å²) < 4.78 is 0. The lowest BCUT2D eigenvalue weighted by atomic mass is 10.0. The van der Waals surface area contributed by atoms with Crippen molar-refractivity contribution in [1.82, 2.24) is 57.5 Å². The van der Waals surface area contributed by atoms with E-state index in [0.29, 0.717) is 22.4 Å². The van der Waals surface area contributed by atoms with Crippen LogP contribution in [0.5, 0.6) is 5.75 Å². The SMILES string of the molecule is CC(=O)N[C@@H](Cc1ccc(O)cc1)C(=O)N[C@@H](CCCN=C(N)N)C(=O)N[C@@H](CCS)C(=O)N[C@@H](Cc1cnc[nH]1)C(=O)N[C@H](Cc1ccccc1)C(=O)N[C@@H](CCCN=C(N)N)C(=O)N[C@@H](Cc1c[nH]c2ccccc12)C(=O)N[C@@H](CS)C(N)=O. The average molecular weight is 1230 g/mol. The first-order valence-corrected chi connectivity index (χ1v) is 28.8. The highest BCUT2D eigenvalue weighted by Crippen LogP contribution is 2.20. The Hall–Kier alpha value is -9.32. The van der Waals surface area contributed by atoms with Crippen LogP contribution in [0.1, 0.15) is 61.4 Å². The largest absolute Gasteiger partial charge is 0.508 e. The molecule has 0 bridgehead atoms. The number of hydrogen-bond acceptors (Lipinski definition) is 15. The third-order valence-corrected chi connectivity index (χ3v) is 14.0. The highest BCUT2D eigenvalue weighted by molar-refractivity contribution is 7.80. The van der Waals surface area contributed by atoms with Crippen molar-refractivity contribution in [3.8, 4) is 5.75 Å². The second-order valence-electron chi connectivity index (χ2n) is 20.1. The minimum atomic E-state index is -1.47. The van der Waals surface area contributed by atoms with Gasteiger partial charge in [0.25, 0.3) is 0 Å². The van der Waals surface area contributed by atoms with Crippen LogP contribution in [-0.2, 0) is 68.8 Å². The van der Waals surface area contributed by atoms with Gasteiger partial charge in [-0.1, -0.05) is 60.7 Å². The summed E-state index contributed by atoms with van der Waals surface area (Å²) in [6.45, 7) is 1.32. The number of aromatic nitrogens is 3. The van der Waals surface area contributed by atoms with E-state index in [1.54, 1.807) is 54.7 Å². The standard InChI is InChI=1S/C56H76N18O10S2/c1-31(75)67-42(24-33-15-17-36(76)18-16-33)51(81)68-39(13-7-20-63-55(58)59)48(78)70-41(19-22-85)50(80)73-45(26-35-28-62-30-66-35)54(84)71-43(23-32-9-3-2-4-10-32)52(82)69-40(14-8-21-64-56(60)61)49(79)72-44(53(83)74-46(29-86)47(57)77)25-34-27-65-38-12-6-5-11-37(34)38/h2-6,9-12,15-18,27-28,30,39-46,65,76,85-86H,7-8,13-14,19-26,29H2,1H3,(H2,57,77)(H,62,66)(H,67,75)(H,68,81)(H,69,82)(H,70,78)(H,71,84)(H,72,79)(H,73,80)(H,74,83)(H4,58,59,63)(H4,60,61,64)/t39-,40-,41-,42-,43+,44-,45-,46-/m0/s1. The van der Waals surface area contributed by atoms with Gasteiger partial charge >= 0.3 is 0 Å². The second-order valence-corrected chi connectivity index (χ2v) is 20.9. The van der Waals surface area contributed by atoms with Gasteiger partial charge in [-0.2, -0.15) is 25.3 Å². The Morgan fingerprint density at radius 1 is 0.523 bits per heavy atom. The molecule has 8 atom stereocenters. The van der Waals surface area contributed by atoms with Crippen LogP contribution in [0.2, 0.25) is 0 Å². The molecule has 0 aliphatic carbocycles. The van der Waals surface area contributed by atoms with E-state index >= 15 is 0 Å². The third kappa shape index (κ3) is 22.4. The second kappa shape index (κ2) is 34.5. The molecule has 9 amide bonds. The fraction of sp³-hybridized carbons (Fsp3) is 0.393. The number of fused-ring (bicyclic) bond motifs is 1. The van der Waals surface area contributed by atoms with Gasteiger partial charge in [0.05, 0.1) is 6.33 Å². The molecule has 0 aliphatic heterocycles. The zero-order valence-electron chi connectivity index (χ0n) is 47.3. The van der Waals surface area contributed by atoms with Crippen molar-refractivity contribution in [2.45, 2.75) is 113 Å². The van der Waals surface area contributed by atoms with E-state index in [2.05, 4.69) is 92.7 Å². The summed E-state index contributed by atoms with van der Waals surface area (Å²) in [5.41, 5.74) is 30.7. The zero-order valence-corrected chi connectivity index (χ0v) is 49.1. The van der Waals surface area contributed by atoms with Gasteiger partial charge in [-0.25, -0.2) is 4.98 Å². The molecular weight excluding hydrogens is 1150 g/mol. The Balaban J connectivity index is 1.42. The summed E-state index contributed by atoms with van der Waals surface area (Å²) in [6, 6.07) is 11.1. The molecule has 0 radical (unpaired) electrons. The number of thiol groups is 2. The van der Waals surface area contributed by atoms with Gasteiger partial charge in [-0.05, 0) is 72.7 Å². The Bertz CT molecular complexity index is 3140. The molecule has 5 aromatic rings. The number of carbonyl (C=O) groups excluding carboxylic acids is 9. The number of primary amides is 1. The molecule has 30 heteroatoms. The number of phenols is 1. The highest BCUT2D eigenvalue weighted by Gasteiger charge is 2.35. The van der Waals surface area contributed by atoms with Gasteiger partial charge in [0.15, 0.2) is 11.9 Å². The van der Waals surface area contributed by atoms with Crippen LogP contribution < -0.4 is 71.2 Å². The van der Waals surface area contributed by atoms with E-state index in [4.69, 9.17) is 28.7 Å². The topological polar surface area (TPSA) is 469 Å². The summed E-state index contributed by atoms with van der Waals surface area (Å²) >= 11 is 8.51. The Kier molecular flexibility index (Phi) is 27.0. The van der Waals surface area contributed by atoms with E-state index in [-0.39, 0.29) is 100 Å². The molecule has 0 unspecified atom stereocenters. The van der Waals surface area contributed by atoms with Crippen LogP contribution in [0, 0.1) is 0 Å². The number of H-pyrrole nitrogens is 2. The highest BCUT2D eigenvalue weighted by atomic mass is 32.1. The van der Waals surface area contributed by atoms with Crippen LogP contribution in [-0.4, -0.2) is 158 Å². The average Bonchev–Trinajstić information content (AvgIpc) is 2.89. The zero-order chi connectivity index (χ0) is 62.7. The maximum atomic E-state index is 14.8. The molecule has 5 rings (SSSR count). The number of imidazole rings is 1. The number of hydrogen-bond donors (Lipinski definition) is 18. The maximum absolute atomic E-state index is 14.8. The Morgan fingerprint density at radius 3 is 1.44 bits per heavy atom. The van der Waals surface area contributed by atoms with E-state index in [1.807, 2.05) is 18.2 Å². The number of amides is 9. The molecule has 86 heavy (non-hydrogen) atoms. The van der Waals surface area contributed by atoms with E-state index < -0.39 is 101 Å². The number of aromatic amines is 2. The Morgan fingerprint density at radius 2 is 0.965 bits per heavy atom. The number of aliphatic imine (C=N–C) groups is 2. The van der Waals surface area contributed by atoms with Gasteiger partial charge in [-0.15, -0.1) is 0 Å². The lowest BCUT2D eigenvalue weighted by Gasteiger charge is -2.28. The third-order valence-electron chi connectivity index (χ3n) is 13.4. The normalized spacial score (nSPS) is 13.8. The number of nitrogens with two attached hydrogens (primary N) is 5. The summed E-state index contributed by atoms with van der Waals surface area (Å²) in [5.74, 6) is -7.69. The fourth-order valence-corrected chi connectivity index (χ4v) is 9.52. The number of nitrogens with zero attached hydrogens (tertiary/aromatic N) is 3. The quantitative estimate of drug-likeness (QED) is 0.00871. The molecule has 0 saturated heterocycles. The molecule has 3 aromatic carbocycles. The van der Waals surface area contributed by atoms with Crippen molar-refractivity contribution >= 4 is 101 Å². The van der Waals surface area contributed by atoms with Crippen molar-refractivity contribution in [3.63, 3.8) is 0 Å². The molecule has 2 aromatic heterocycles. The lowest BCUT2D eigenvalue weighted by Crippen LogP contribution is -2.61. The van der Waals surface area contributed by atoms with Crippen molar-refractivity contribution in [2.75, 3.05) is 24.6 Å². The van der Waals surface area contributed by atoms with Crippen LogP contribution in [0.4, 0.5) is 0 Å². The van der Waals surface area contributed by atoms with Crippen molar-refractivity contribution in [2.24, 2.45) is 38.7 Å². The predicted molar refractivity (Wildman–Crippen MR) is 329 cm³/mol. The molecule has 28 nitrogen and oxygen atoms in total. The summed E-state index contributed by atoms with van der Waals surface area (Å²) in [6.07, 6.45) is 4.11. The lowest BCUT2D eigenvalue weighted by molar-refractivity contribution is -0.136. The molecule has 0 spiro atoms. The number of rotatable bonds is 35. The number of phenolic OH excluding ortho intramolecular Hbond substituents is 1. The number of para-hydroxylation sites is 1. The molecule has 462 valence electrons. The summed E-state index contributed by atoms with van der Waals surface area (Å²) in [7, 11) is 0. The minimum absolute atomic E-state index is 0.0153. The smallest absolute Gasteiger partial charge is 0.243 e. The molecule has 21 N–H and O–H groups in total. The van der Waals surface area contributed by atoms with E-state index in [9.17, 15) is 48.3 Å². The van der Waals surface area contributed by atoms with Gasteiger partial charge in [0.1, 0.15) is 54.1 Å². The van der Waals surface area contributed by atoms with Gasteiger partial charge < -0.3 is 86.3 Å². The molecule has 0 aliphatic rings. The summed E-state index contributed by atoms with van der Waals surface area (Å²) in [5, 5.41) is 32.0. The molecule has 0 fully saturated rings. The number of guanidine groups is 2. The first-order valence-electron chi connectivity index (χ1n) is 27.5. The van der Waals surface area contributed by atoms with Crippen molar-refractivity contribution < 1.29 is 48.3 Å². The molecule has 2 heterocycles. The number of nitrogens with one attached hydrogen (secondary N) is 10. The fourth-order valence-electron chi connectivity index (χ4n) is 8.99. The van der Waals surface area contributed by atoms with E-state index in [1.165, 1.54) is 31.6 Å². The Labute approximate surface area is 506 Å².